The van der Waals surface area contributed by atoms with Gasteiger partial charge in [-0.05, 0) is 43.4 Å². The Morgan fingerprint density at radius 2 is 2.10 bits per heavy atom. The summed E-state index contributed by atoms with van der Waals surface area (Å²) < 4.78 is 12.1. The van der Waals surface area contributed by atoms with Gasteiger partial charge >= 0.3 is 5.97 Å². The number of benzene rings is 1. The van der Waals surface area contributed by atoms with Crippen LogP contribution in [0.25, 0.3) is 0 Å². The molecule has 1 aliphatic carbocycles. The fourth-order valence-electron chi connectivity index (χ4n) is 2.57. The number of carbonyl (C=O) groups is 1. The molecule has 0 radical (unpaired) electrons. The predicted molar refractivity (Wildman–Crippen MR) is 82.8 cm³/mol. The van der Waals surface area contributed by atoms with E-state index in [9.17, 15) is 4.79 Å². The first-order valence-electron chi connectivity index (χ1n) is 7.02. The summed E-state index contributed by atoms with van der Waals surface area (Å²) in [6, 6.07) is 2.97. The van der Waals surface area contributed by atoms with E-state index < -0.39 is 12.0 Å². The van der Waals surface area contributed by atoms with Crippen LogP contribution in [0.3, 0.4) is 0 Å². The number of hydrogen-bond acceptors (Lipinski definition) is 4. The zero-order valence-corrected chi connectivity index (χ0v) is 13.6. The SMILES string of the molecule is COc1cc(C(N)CC(=O)O)c(Br)cc1OC1CCCC1. The molecule has 21 heavy (non-hydrogen) atoms. The predicted octanol–water partition coefficient (Wildman–Crippen LogP) is 3.25. The van der Waals surface area contributed by atoms with Crippen LogP contribution < -0.4 is 15.2 Å². The Morgan fingerprint density at radius 3 is 2.67 bits per heavy atom. The van der Waals surface area contributed by atoms with E-state index in [0.29, 0.717) is 17.1 Å². The number of rotatable bonds is 6. The van der Waals surface area contributed by atoms with E-state index in [0.717, 1.165) is 17.3 Å². The lowest BCUT2D eigenvalue weighted by molar-refractivity contribution is -0.137. The normalized spacial score (nSPS) is 16.7. The fraction of sp³-hybridized carbons (Fsp3) is 0.533. The van der Waals surface area contributed by atoms with Crippen molar-refractivity contribution in [2.75, 3.05) is 7.11 Å². The summed E-state index contributed by atoms with van der Waals surface area (Å²) in [6.07, 6.45) is 4.59. The van der Waals surface area contributed by atoms with Gasteiger partial charge in [-0.1, -0.05) is 15.9 Å². The van der Waals surface area contributed by atoms with Crippen LogP contribution in [0.5, 0.6) is 11.5 Å². The number of ether oxygens (including phenoxy) is 2. The summed E-state index contributed by atoms with van der Waals surface area (Å²) in [6.45, 7) is 0. The number of methoxy groups -OCH3 is 1. The topological polar surface area (TPSA) is 81.8 Å². The second kappa shape index (κ2) is 7.13. The molecule has 1 aromatic carbocycles. The van der Waals surface area contributed by atoms with E-state index in [1.54, 1.807) is 13.2 Å². The minimum absolute atomic E-state index is 0.134. The van der Waals surface area contributed by atoms with Crippen molar-refractivity contribution < 1.29 is 19.4 Å². The minimum Gasteiger partial charge on any atom is -0.493 e. The molecule has 0 aromatic heterocycles. The van der Waals surface area contributed by atoms with Crippen molar-refractivity contribution in [1.29, 1.82) is 0 Å². The van der Waals surface area contributed by atoms with Crippen molar-refractivity contribution in [3.8, 4) is 11.5 Å². The first-order valence-corrected chi connectivity index (χ1v) is 7.82. The lowest BCUT2D eigenvalue weighted by Gasteiger charge is -2.19. The van der Waals surface area contributed by atoms with E-state index in [1.165, 1.54) is 12.8 Å². The first kappa shape index (κ1) is 16.1. The molecule has 6 heteroatoms. The Hall–Kier alpha value is -1.27. The molecule has 2 rings (SSSR count). The molecule has 0 aliphatic heterocycles. The van der Waals surface area contributed by atoms with Crippen LogP contribution in [-0.4, -0.2) is 24.3 Å². The van der Waals surface area contributed by atoms with Gasteiger partial charge in [0.25, 0.3) is 0 Å². The van der Waals surface area contributed by atoms with Gasteiger partial charge in [0.15, 0.2) is 11.5 Å². The summed E-state index contributed by atoms with van der Waals surface area (Å²) in [4.78, 5) is 10.8. The molecule has 0 bridgehead atoms. The van der Waals surface area contributed by atoms with E-state index in [4.69, 9.17) is 20.3 Å². The number of halogens is 1. The zero-order valence-electron chi connectivity index (χ0n) is 12.0. The van der Waals surface area contributed by atoms with Crippen LogP contribution in [-0.2, 0) is 4.79 Å². The molecule has 116 valence electrons. The van der Waals surface area contributed by atoms with Gasteiger partial charge in [-0.25, -0.2) is 0 Å². The quantitative estimate of drug-likeness (QED) is 0.816. The Kier molecular flexibility index (Phi) is 5.47. The van der Waals surface area contributed by atoms with Gasteiger partial charge in [-0.3, -0.25) is 4.79 Å². The second-order valence-corrected chi connectivity index (χ2v) is 6.11. The summed E-state index contributed by atoms with van der Waals surface area (Å²) >= 11 is 3.44. The number of hydrogen-bond donors (Lipinski definition) is 2. The molecule has 1 aliphatic rings. The van der Waals surface area contributed by atoms with Crippen molar-refractivity contribution in [2.24, 2.45) is 5.73 Å². The molecule has 5 nitrogen and oxygen atoms in total. The van der Waals surface area contributed by atoms with E-state index in [2.05, 4.69) is 15.9 Å². The number of nitrogens with two attached hydrogens (primary N) is 1. The third kappa shape index (κ3) is 4.11. The highest BCUT2D eigenvalue weighted by atomic mass is 79.9. The van der Waals surface area contributed by atoms with Crippen molar-refractivity contribution in [3.63, 3.8) is 0 Å². The van der Waals surface area contributed by atoms with E-state index in [1.807, 2.05) is 6.07 Å². The lowest BCUT2D eigenvalue weighted by atomic mass is 10.0. The van der Waals surface area contributed by atoms with Crippen molar-refractivity contribution >= 4 is 21.9 Å². The Morgan fingerprint density at radius 1 is 1.43 bits per heavy atom. The molecule has 1 fully saturated rings. The smallest absolute Gasteiger partial charge is 0.305 e. The molecule has 3 N–H and O–H groups in total. The second-order valence-electron chi connectivity index (χ2n) is 5.25. The van der Waals surface area contributed by atoms with E-state index in [-0.39, 0.29) is 12.5 Å². The summed E-state index contributed by atoms with van der Waals surface area (Å²) in [5.41, 5.74) is 6.63. The lowest BCUT2D eigenvalue weighted by Crippen LogP contribution is -2.16. The maximum atomic E-state index is 10.8. The van der Waals surface area contributed by atoms with Gasteiger partial charge in [-0.2, -0.15) is 0 Å². The average Bonchev–Trinajstić information content (AvgIpc) is 2.91. The van der Waals surface area contributed by atoms with Gasteiger partial charge in [0.2, 0.25) is 0 Å². The molecule has 0 saturated heterocycles. The van der Waals surface area contributed by atoms with Crippen LogP contribution in [0.15, 0.2) is 16.6 Å². The number of carboxylic acids is 1. The fourth-order valence-corrected chi connectivity index (χ4v) is 3.19. The van der Waals surface area contributed by atoms with Crippen LogP contribution >= 0.6 is 15.9 Å². The van der Waals surface area contributed by atoms with Crippen LogP contribution in [0.2, 0.25) is 0 Å². The highest BCUT2D eigenvalue weighted by Gasteiger charge is 2.21. The average molecular weight is 358 g/mol. The van der Waals surface area contributed by atoms with Gasteiger partial charge in [0.1, 0.15) is 0 Å². The number of aliphatic carboxylic acids is 1. The van der Waals surface area contributed by atoms with Crippen molar-refractivity contribution in [1.82, 2.24) is 0 Å². The Bertz CT molecular complexity index is 515. The van der Waals surface area contributed by atoms with Crippen LogP contribution in [0.4, 0.5) is 0 Å². The molecular formula is C15H20BrNO4. The third-order valence-corrected chi connectivity index (χ3v) is 4.36. The Labute approximate surface area is 132 Å². The van der Waals surface area contributed by atoms with Crippen molar-refractivity contribution in [3.05, 3.63) is 22.2 Å². The van der Waals surface area contributed by atoms with Gasteiger partial charge in [-0.15, -0.1) is 0 Å². The molecule has 0 amide bonds. The monoisotopic (exact) mass is 357 g/mol. The summed E-state index contributed by atoms with van der Waals surface area (Å²) in [5, 5.41) is 8.86. The van der Waals surface area contributed by atoms with Gasteiger partial charge in [0.05, 0.1) is 19.6 Å². The zero-order chi connectivity index (χ0) is 15.4. The maximum Gasteiger partial charge on any atom is 0.305 e. The van der Waals surface area contributed by atoms with Gasteiger partial charge < -0.3 is 20.3 Å². The van der Waals surface area contributed by atoms with Gasteiger partial charge in [0, 0.05) is 10.5 Å². The summed E-state index contributed by atoms with van der Waals surface area (Å²) in [5.74, 6) is 0.322. The molecule has 1 atom stereocenters. The maximum absolute atomic E-state index is 10.8. The van der Waals surface area contributed by atoms with Crippen LogP contribution in [0.1, 0.15) is 43.7 Å². The molecule has 1 aromatic rings. The first-order chi connectivity index (χ1) is 10.0. The summed E-state index contributed by atoms with van der Waals surface area (Å²) in [7, 11) is 1.57. The van der Waals surface area contributed by atoms with E-state index >= 15 is 0 Å². The molecule has 0 spiro atoms. The van der Waals surface area contributed by atoms with Crippen molar-refractivity contribution in [2.45, 2.75) is 44.2 Å². The molecular weight excluding hydrogens is 338 g/mol. The highest BCUT2D eigenvalue weighted by Crippen LogP contribution is 2.38. The number of carboxylic acid groups (broad SMARTS) is 1. The standard InChI is InChI=1S/C15H20BrNO4/c1-20-13-6-10(12(17)8-15(18)19)11(16)7-14(13)21-9-4-2-3-5-9/h6-7,9,12H,2-5,8,17H2,1H3,(H,18,19). The molecule has 0 heterocycles. The third-order valence-electron chi connectivity index (χ3n) is 3.67. The highest BCUT2D eigenvalue weighted by molar-refractivity contribution is 9.10. The minimum atomic E-state index is -0.931. The van der Waals surface area contributed by atoms with Crippen LogP contribution in [0, 0.1) is 0 Å². The largest absolute Gasteiger partial charge is 0.493 e. The molecule has 1 saturated carbocycles. The molecule has 1 unspecified atom stereocenters. The Balaban J connectivity index is 2.23.